The number of hydrogen-bond donors (Lipinski definition) is 0. The molecule has 0 aliphatic heterocycles. The van der Waals surface area contributed by atoms with Gasteiger partial charge in [0.1, 0.15) is 0 Å². The van der Waals surface area contributed by atoms with Crippen LogP contribution in [-0.2, 0) is 19.5 Å². The van der Waals surface area contributed by atoms with Gasteiger partial charge in [-0.25, -0.2) is 0 Å². The van der Waals surface area contributed by atoms with Crippen molar-refractivity contribution in [2.45, 2.75) is 37.8 Å². The van der Waals surface area contributed by atoms with Gasteiger partial charge in [0.2, 0.25) is 5.89 Å². The average molecular weight is 291 g/mol. The summed E-state index contributed by atoms with van der Waals surface area (Å²) >= 11 is 1.76. The largest absolute Gasteiger partial charge is 0.338 e. The molecule has 0 aliphatic carbocycles. The van der Waals surface area contributed by atoms with Gasteiger partial charge in [0.15, 0.2) is 5.82 Å². The van der Waals surface area contributed by atoms with Crippen molar-refractivity contribution in [1.29, 1.82) is 0 Å². The molecular formula is C15H21N3OS. The second kappa shape index (κ2) is 7.45. The molecule has 0 spiro atoms. The van der Waals surface area contributed by atoms with Gasteiger partial charge >= 0.3 is 0 Å². The second-order valence-electron chi connectivity index (χ2n) is 4.87. The normalized spacial score (nSPS) is 11.2. The number of aryl methyl sites for hydroxylation is 1. The van der Waals surface area contributed by atoms with E-state index in [0.717, 1.165) is 25.2 Å². The molecule has 0 saturated carbocycles. The Kier molecular flexibility index (Phi) is 5.61. The highest BCUT2D eigenvalue weighted by atomic mass is 32.2. The minimum Gasteiger partial charge on any atom is -0.338 e. The fourth-order valence-corrected chi connectivity index (χ4v) is 2.42. The molecule has 0 atom stereocenters. The van der Waals surface area contributed by atoms with Crippen molar-refractivity contribution >= 4 is 11.8 Å². The molecule has 0 radical (unpaired) electrons. The zero-order valence-corrected chi connectivity index (χ0v) is 13.1. The van der Waals surface area contributed by atoms with Crippen molar-refractivity contribution in [2.75, 3.05) is 13.3 Å². The van der Waals surface area contributed by atoms with Crippen LogP contribution in [0.5, 0.6) is 0 Å². The Morgan fingerprint density at radius 2 is 1.95 bits per heavy atom. The Bertz CT molecular complexity index is 524. The zero-order chi connectivity index (χ0) is 14.4. The fourth-order valence-electron chi connectivity index (χ4n) is 2.01. The number of nitrogens with zero attached hydrogens (tertiary/aromatic N) is 3. The minimum atomic E-state index is 0.682. The molecule has 1 aromatic carbocycles. The fraction of sp³-hybridized carbons (Fsp3) is 0.467. The molecule has 1 heterocycles. The van der Waals surface area contributed by atoms with E-state index in [1.165, 1.54) is 10.5 Å². The van der Waals surface area contributed by atoms with Gasteiger partial charge in [-0.05, 0) is 37.4 Å². The molecule has 0 bridgehead atoms. The third-order valence-corrected chi connectivity index (χ3v) is 3.74. The first kappa shape index (κ1) is 15.1. The second-order valence-corrected chi connectivity index (χ2v) is 5.75. The summed E-state index contributed by atoms with van der Waals surface area (Å²) in [5, 5.41) is 3.97. The van der Waals surface area contributed by atoms with Crippen LogP contribution >= 0.6 is 11.8 Å². The van der Waals surface area contributed by atoms with Gasteiger partial charge in [0.05, 0.1) is 6.54 Å². The first-order chi connectivity index (χ1) is 9.71. The molecule has 2 aromatic rings. The highest BCUT2D eigenvalue weighted by molar-refractivity contribution is 7.98. The summed E-state index contributed by atoms with van der Waals surface area (Å²) in [4.78, 5) is 7.85. The van der Waals surface area contributed by atoms with Crippen LogP contribution in [0.3, 0.4) is 0 Å². The highest BCUT2D eigenvalue weighted by Gasteiger charge is 2.09. The molecule has 0 fully saturated rings. The first-order valence-corrected chi connectivity index (χ1v) is 8.06. The Morgan fingerprint density at radius 3 is 2.60 bits per heavy atom. The summed E-state index contributed by atoms with van der Waals surface area (Å²) in [6.45, 7) is 3.67. The zero-order valence-electron chi connectivity index (χ0n) is 12.3. The standard InChI is InChI=1S/C15H21N3OS/c1-4-5-14-16-15(19-17-14)11-18(2)10-12-6-8-13(20-3)9-7-12/h6-9H,4-5,10-11H2,1-3H3. The predicted molar refractivity (Wildman–Crippen MR) is 81.7 cm³/mol. The Balaban J connectivity index is 1.88. The molecule has 20 heavy (non-hydrogen) atoms. The van der Waals surface area contributed by atoms with Gasteiger partial charge in [0, 0.05) is 17.9 Å². The minimum absolute atomic E-state index is 0.682. The van der Waals surface area contributed by atoms with E-state index in [1.54, 1.807) is 11.8 Å². The lowest BCUT2D eigenvalue weighted by molar-refractivity contribution is 0.260. The van der Waals surface area contributed by atoms with Gasteiger partial charge in [-0.2, -0.15) is 4.98 Å². The maximum absolute atomic E-state index is 5.26. The summed E-state index contributed by atoms with van der Waals surface area (Å²) in [5.74, 6) is 1.50. The van der Waals surface area contributed by atoms with Crippen molar-refractivity contribution in [1.82, 2.24) is 15.0 Å². The van der Waals surface area contributed by atoms with E-state index < -0.39 is 0 Å². The van der Waals surface area contributed by atoms with Crippen molar-refractivity contribution in [3.05, 3.63) is 41.5 Å². The van der Waals surface area contributed by atoms with Crippen LogP contribution in [0.25, 0.3) is 0 Å². The summed E-state index contributed by atoms with van der Waals surface area (Å²) in [7, 11) is 2.06. The number of rotatable bonds is 7. The molecule has 0 amide bonds. The van der Waals surface area contributed by atoms with Gasteiger partial charge in [-0.3, -0.25) is 4.90 Å². The van der Waals surface area contributed by atoms with E-state index in [9.17, 15) is 0 Å². The number of thioether (sulfide) groups is 1. The van der Waals surface area contributed by atoms with Crippen molar-refractivity contribution in [3.8, 4) is 0 Å². The van der Waals surface area contributed by atoms with E-state index in [0.29, 0.717) is 12.4 Å². The molecule has 108 valence electrons. The monoisotopic (exact) mass is 291 g/mol. The van der Waals surface area contributed by atoms with Crippen LogP contribution in [0, 0.1) is 0 Å². The van der Waals surface area contributed by atoms with Crippen LogP contribution in [0.1, 0.15) is 30.6 Å². The van der Waals surface area contributed by atoms with E-state index >= 15 is 0 Å². The SMILES string of the molecule is CCCc1noc(CN(C)Cc2ccc(SC)cc2)n1. The van der Waals surface area contributed by atoms with E-state index in [2.05, 4.69) is 59.5 Å². The highest BCUT2D eigenvalue weighted by Crippen LogP contribution is 2.16. The molecule has 0 unspecified atom stereocenters. The molecular weight excluding hydrogens is 270 g/mol. The first-order valence-electron chi connectivity index (χ1n) is 6.84. The van der Waals surface area contributed by atoms with E-state index in [4.69, 9.17) is 4.52 Å². The third-order valence-electron chi connectivity index (χ3n) is 3.00. The smallest absolute Gasteiger partial charge is 0.240 e. The summed E-state index contributed by atoms with van der Waals surface area (Å²) in [5.41, 5.74) is 1.29. The Labute approximate surface area is 124 Å². The van der Waals surface area contributed by atoms with Crippen LogP contribution < -0.4 is 0 Å². The molecule has 0 saturated heterocycles. The van der Waals surface area contributed by atoms with Crippen molar-refractivity contribution in [3.63, 3.8) is 0 Å². The number of benzene rings is 1. The number of aromatic nitrogens is 2. The molecule has 5 heteroatoms. The molecule has 4 nitrogen and oxygen atoms in total. The number of hydrogen-bond acceptors (Lipinski definition) is 5. The van der Waals surface area contributed by atoms with Gasteiger partial charge < -0.3 is 4.52 Å². The lowest BCUT2D eigenvalue weighted by Gasteiger charge is -2.14. The Hall–Kier alpha value is -1.33. The molecule has 1 aromatic heterocycles. The van der Waals surface area contributed by atoms with Crippen molar-refractivity contribution in [2.24, 2.45) is 0 Å². The third kappa shape index (κ3) is 4.35. The average Bonchev–Trinajstić information content (AvgIpc) is 2.87. The summed E-state index contributed by atoms with van der Waals surface area (Å²) < 4.78 is 5.26. The van der Waals surface area contributed by atoms with E-state index in [1.807, 2.05) is 0 Å². The van der Waals surface area contributed by atoms with Crippen LogP contribution in [0.4, 0.5) is 0 Å². The molecule has 0 aliphatic rings. The quantitative estimate of drug-likeness (QED) is 0.732. The molecule has 0 N–H and O–H groups in total. The van der Waals surface area contributed by atoms with Crippen LogP contribution in [-0.4, -0.2) is 28.3 Å². The van der Waals surface area contributed by atoms with Crippen molar-refractivity contribution < 1.29 is 4.52 Å². The van der Waals surface area contributed by atoms with Gasteiger partial charge in [-0.1, -0.05) is 24.2 Å². The summed E-state index contributed by atoms with van der Waals surface area (Å²) in [6, 6.07) is 8.64. The van der Waals surface area contributed by atoms with Crippen LogP contribution in [0.15, 0.2) is 33.7 Å². The lowest BCUT2D eigenvalue weighted by Crippen LogP contribution is -2.17. The maximum Gasteiger partial charge on any atom is 0.240 e. The van der Waals surface area contributed by atoms with Gasteiger partial charge in [0.25, 0.3) is 0 Å². The summed E-state index contributed by atoms with van der Waals surface area (Å²) in [6.07, 6.45) is 4.00. The van der Waals surface area contributed by atoms with E-state index in [-0.39, 0.29) is 0 Å². The van der Waals surface area contributed by atoms with Gasteiger partial charge in [-0.15, -0.1) is 11.8 Å². The molecule has 2 rings (SSSR count). The van der Waals surface area contributed by atoms with Crippen LogP contribution in [0.2, 0.25) is 0 Å². The Morgan fingerprint density at radius 1 is 1.20 bits per heavy atom. The lowest BCUT2D eigenvalue weighted by atomic mass is 10.2. The topological polar surface area (TPSA) is 42.2 Å². The predicted octanol–water partition coefficient (Wildman–Crippen LogP) is 3.38. The maximum atomic E-state index is 5.26.